The molecule has 2 aromatic carbocycles. The number of aromatic nitrogens is 1. The van der Waals surface area contributed by atoms with Crippen LogP contribution in [0.15, 0.2) is 42.5 Å². The van der Waals surface area contributed by atoms with Crippen molar-refractivity contribution in [2.45, 2.75) is 32.4 Å². The van der Waals surface area contributed by atoms with E-state index in [2.05, 4.69) is 11.0 Å². The molecule has 0 bridgehead atoms. The lowest BCUT2D eigenvalue weighted by Gasteiger charge is -2.36. The van der Waals surface area contributed by atoms with Crippen LogP contribution in [0.4, 0.5) is 10.6 Å². The van der Waals surface area contributed by atoms with E-state index < -0.39 is 0 Å². The molecule has 1 saturated heterocycles. The van der Waals surface area contributed by atoms with Crippen molar-refractivity contribution in [1.82, 2.24) is 14.8 Å². The summed E-state index contributed by atoms with van der Waals surface area (Å²) in [5, 5.41) is 1.58. The topological polar surface area (TPSA) is 84.4 Å². The summed E-state index contributed by atoms with van der Waals surface area (Å²) in [5.74, 6) is 2.02. The molecule has 2 fully saturated rings. The number of anilines is 1. The third-order valence-electron chi connectivity index (χ3n) is 7.15. The van der Waals surface area contributed by atoms with Crippen molar-refractivity contribution in [3.63, 3.8) is 0 Å². The van der Waals surface area contributed by atoms with Crippen LogP contribution in [0.5, 0.6) is 11.5 Å². The van der Waals surface area contributed by atoms with Crippen LogP contribution in [0.3, 0.4) is 0 Å². The van der Waals surface area contributed by atoms with Crippen LogP contribution in [-0.2, 0) is 11.3 Å². The minimum atomic E-state index is -0.292. The first-order valence-corrected chi connectivity index (χ1v) is 13.3. The van der Waals surface area contributed by atoms with Gasteiger partial charge in [-0.15, -0.1) is 0 Å². The maximum Gasteiger partial charge on any atom is 0.409 e. The quantitative estimate of drug-likeness (QED) is 0.451. The standard InChI is InChI=1S/C28H29ClN4O5/c1-2-36-28(35)32-11-9-31(10-12-32)26-20(13-18-3-5-21(29)15-23(18)30-26)16-33(22-6-7-22)27(34)19-4-8-24-25(14-19)38-17-37-24/h3-5,8,13-15,22H,2,6-7,9-12,16-17H2,1H3. The molecule has 3 aromatic rings. The summed E-state index contributed by atoms with van der Waals surface area (Å²) in [6.45, 7) is 5.06. The summed E-state index contributed by atoms with van der Waals surface area (Å²) in [4.78, 5) is 36.8. The number of carbonyl (C=O) groups excluding carboxylic acids is 2. The lowest BCUT2D eigenvalue weighted by Crippen LogP contribution is -2.49. The number of rotatable bonds is 6. The maximum atomic E-state index is 13.7. The van der Waals surface area contributed by atoms with Crippen molar-refractivity contribution in [2.24, 2.45) is 0 Å². The molecule has 1 saturated carbocycles. The first kappa shape index (κ1) is 24.6. The highest BCUT2D eigenvalue weighted by molar-refractivity contribution is 6.31. The smallest absolute Gasteiger partial charge is 0.409 e. The largest absolute Gasteiger partial charge is 0.454 e. The molecule has 0 radical (unpaired) electrons. The average molecular weight is 537 g/mol. The molecule has 9 nitrogen and oxygen atoms in total. The molecule has 2 aliphatic heterocycles. The molecule has 2 amide bonds. The Kier molecular flexibility index (Phi) is 6.61. The second-order valence-corrected chi connectivity index (χ2v) is 10.1. The van der Waals surface area contributed by atoms with E-state index in [-0.39, 0.29) is 24.8 Å². The fourth-order valence-electron chi connectivity index (χ4n) is 5.01. The Balaban J connectivity index is 1.31. The first-order chi connectivity index (χ1) is 18.5. The minimum Gasteiger partial charge on any atom is -0.454 e. The van der Waals surface area contributed by atoms with Gasteiger partial charge in [-0.05, 0) is 56.2 Å². The van der Waals surface area contributed by atoms with E-state index in [1.807, 2.05) is 23.1 Å². The normalized spacial score (nSPS) is 16.6. The Labute approximate surface area is 225 Å². The van der Waals surface area contributed by atoms with Gasteiger partial charge in [0, 0.05) is 60.3 Å². The van der Waals surface area contributed by atoms with Gasteiger partial charge in [-0.2, -0.15) is 0 Å². The number of piperazine rings is 1. The molecule has 0 spiro atoms. The van der Waals surface area contributed by atoms with Crippen LogP contribution in [0.2, 0.25) is 5.02 Å². The summed E-state index contributed by atoms with van der Waals surface area (Å²) in [6, 6.07) is 13.3. The lowest BCUT2D eigenvalue weighted by molar-refractivity contribution is 0.0729. The van der Waals surface area contributed by atoms with Crippen LogP contribution < -0.4 is 14.4 Å². The Bertz CT molecular complexity index is 1390. The molecule has 0 unspecified atom stereocenters. The van der Waals surface area contributed by atoms with Crippen LogP contribution in [-0.4, -0.2) is 72.4 Å². The second kappa shape index (κ2) is 10.2. The highest BCUT2D eigenvalue weighted by Gasteiger charge is 2.35. The van der Waals surface area contributed by atoms with Gasteiger partial charge < -0.3 is 28.9 Å². The zero-order valence-corrected chi connectivity index (χ0v) is 21.9. The summed E-state index contributed by atoms with van der Waals surface area (Å²) in [7, 11) is 0. The second-order valence-electron chi connectivity index (χ2n) is 9.71. The van der Waals surface area contributed by atoms with E-state index in [4.69, 9.17) is 30.8 Å². The molecular formula is C28H29ClN4O5. The van der Waals surface area contributed by atoms with E-state index in [1.54, 1.807) is 30.0 Å². The third-order valence-corrected chi connectivity index (χ3v) is 7.38. The molecule has 3 heterocycles. The van der Waals surface area contributed by atoms with Gasteiger partial charge in [0.25, 0.3) is 5.91 Å². The summed E-state index contributed by atoms with van der Waals surface area (Å²) < 4.78 is 16.1. The number of pyridine rings is 1. The SMILES string of the molecule is CCOC(=O)N1CCN(c2nc3cc(Cl)ccc3cc2CN(C(=O)c2ccc3c(c2)OCO3)C2CC2)CC1. The Hall–Kier alpha value is -3.72. The van der Waals surface area contributed by atoms with Crippen LogP contribution in [0.25, 0.3) is 10.9 Å². The van der Waals surface area contributed by atoms with Crippen molar-refractivity contribution in [1.29, 1.82) is 0 Å². The minimum absolute atomic E-state index is 0.0416. The molecule has 10 heteroatoms. The Morgan fingerprint density at radius 1 is 1.05 bits per heavy atom. The van der Waals surface area contributed by atoms with E-state index in [0.29, 0.717) is 61.4 Å². The number of amides is 2. The first-order valence-electron chi connectivity index (χ1n) is 13.0. The van der Waals surface area contributed by atoms with Gasteiger partial charge in [-0.25, -0.2) is 9.78 Å². The summed E-state index contributed by atoms with van der Waals surface area (Å²) in [6.07, 6.45) is 1.65. The van der Waals surface area contributed by atoms with E-state index >= 15 is 0 Å². The zero-order chi connectivity index (χ0) is 26.2. The highest BCUT2D eigenvalue weighted by atomic mass is 35.5. The summed E-state index contributed by atoms with van der Waals surface area (Å²) in [5.41, 5.74) is 2.33. The molecular weight excluding hydrogens is 508 g/mol. The van der Waals surface area contributed by atoms with E-state index in [0.717, 1.165) is 35.1 Å². The van der Waals surface area contributed by atoms with E-state index in [1.165, 1.54) is 0 Å². The van der Waals surface area contributed by atoms with Crippen LogP contribution in [0, 0.1) is 0 Å². The van der Waals surface area contributed by atoms with Gasteiger partial charge in [-0.3, -0.25) is 4.79 Å². The average Bonchev–Trinajstić information content (AvgIpc) is 3.67. The molecule has 198 valence electrons. The number of halogens is 1. The summed E-state index contributed by atoms with van der Waals surface area (Å²) >= 11 is 6.28. The number of nitrogens with zero attached hydrogens (tertiary/aromatic N) is 4. The fraction of sp³-hybridized carbons (Fsp3) is 0.393. The highest BCUT2D eigenvalue weighted by Crippen LogP contribution is 2.36. The molecule has 38 heavy (non-hydrogen) atoms. The molecule has 1 aromatic heterocycles. The lowest BCUT2D eigenvalue weighted by atomic mass is 10.1. The number of hydrogen-bond donors (Lipinski definition) is 0. The van der Waals surface area contributed by atoms with Gasteiger partial charge in [0.05, 0.1) is 12.1 Å². The molecule has 1 aliphatic carbocycles. The van der Waals surface area contributed by atoms with Crippen molar-refractivity contribution in [2.75, 3.05) is 44.5 Å². The predicted octanol–water partition coefficient (Wildman–Crippen LogP) is 4.70. The molecule has 3 aliphatic rings. The van der Waals surface area contributed by atoms with Gasteiger partial charge >= 0.3 is 6.09 Å². The van der Waals surface area contributed by atoms with Crippen molar-refractivity contribution >= 4 is 40.3 Å². The van der Waals surface area contributed by atoms with Gasteiger partial charge in [0.2, 0.25) is 6.79 Å². The van der Waals surface area contributed by atoms with Crippen LogP contribution >= 0.6 is 11.6 Å². The number of benzene rings is 2. The molecule has 0 N–H and O–H groups in total. The van der Waals surface area contributed by atoms with Crippen molar-refractivity contribution in [3.05, 3.63) is 58.6 Å². The Morgan fingerprint density at radius 2 is 1.84 bits per heavy atom. The number of ether oxygens (including phenoxy) is 3. The molecule has 6 rings (SSSR count). The van der Waals surface area contributed by atoms with Gasteiger partial charge in [0.1, 0.15) is 5.82 Å². The molecule has 0 atom stereocenters. The maximum absolute atomic E-state index is 13.7. The third kappa shape index (κ3) is 4.90. The van der Waals surface area contributed by atoms with E-state index in [9.17, 15) is 9.59 Å². The zero-order valence-electron chi connectivity index (χ0n) is 21.2. The number of hydrogen-bond acceptors (Lipinski definition) is 7. The predicted molar refractivity (Wildman–Crippen MR) is 143 cm³/mol. The number of fused-ring (bicyclic) bond motifs is 2. The van der Waals surface area contributed by atoms with Gasteiger partial charge in [0.15, 0.2) is 11.5 Å². The Morgan fingerprint density at radius 3 is 2.61 bits per heavy atom. The van der Waals surface area contributed by atoms with Crippen LogP contribution in [0.1, 0.15) is 35.7 Å². The monoisotopic (exact) mass is 536 g/mol. The van der Waals surface area contributed by atoms with Gasteiger partial charge in [-0.1, -0.05) is 17.7 Å². The fourth-order valence-corrected chi connectivity index (χ4v) is 5.18. The van der Waals surface area contributed by atoms with Crippen molar-refractivity contribution < 1.29 is 23.8 Å². The number of carbonyl (C=O) groups is 2. The van der Waals surface area contributed by atoms with Crippen molar-refractivity contribution in [3.8, 4) is 11.5 Å².